The number of esters is 1. The molecular formula is C28H43N2O8+. The highest BCUT2D eigenvalue weighted by Crippen LogP contribution is 2.39. The number of carbonyl (C=O) groups is 4. The molecule has 1 heterocycles. The number of hydrogen-bond acceptors (Lipinski definition) is 8. The van der Waals surface area contributed by atoms with E-state index >= 15 is 0 Å². The number of likely N-dealkylation sites (tertiary alicyclic amines) is 1. The molecule has 2 unspecified atom stereocenters. The van der Waals surface area contributed by atoms with E-state index in [4.69, 9.17) is 18.9 Å². The van der Waals surface area contributed by atoms with Gasteiger partial charge in [-0.25, -0.2) is 9.28 Å². The van der Waals surface area contributed by atoms with E-state index in [-0.39, 0.29) is 48.4 Å². The van der Waals surface area contributed by atoms with Crippen LogP contribution in [-0.2, 0) is 28.6 Å². The van der Waals surface area contributed by atoms with Gasteiger partial charge in [0.25, 0.3) is 0 Å². The Bertz CT molecular complexity index is 980. The van der Waals surface area contributed by atoms with Crippen LogP contribution in [0, 0.1) is 0 Å². The number of hydrogen-bond donors (Lipinski definition) is 0. The van der Waals surface area contributed by atoms with E-state index in [1.807, 2.05) is 40.0 Å². The summed E-state index contributed by atoms with van der Waals surface area (Å²) < 4.78 is 22.6. The molecule has 0 saturated carbocycles. The van der Waals surface area contributed by atoms with Crippen molar-refractivity contribution in [1.29, 1.82) is 0 Å². The van der Waals surface area contributed by atoms with Crippen LogP contribution in [0.1, 0.15) is 66.0 Å². The van der Waals surface area contributed by atoms with Crippen LogP contribution in [0.3, 0.4) is 0 Å². The molecule has 1 saturated heterocycles. The predicted octanol–water partition coefficient (Wildman–Crippen LogP) is 3.67. The Morgan fingerprint density at radius 2 is 1.61 bits per heavy atom. The third kappa shape index (κ3) is 9.40. The van der Waals surface area contributed by atoms with Gasteiger partial charge in [-0.2, -0.15) is 4.79 Å². The average molecular weight is 536 g/mol. The molecular weight excluding hydrogens is 492 g/mol. The smallest absolute Gasteiger partial charge is 0.482 e. The van der Waals surface area contributed by atoms with Crippen molar-refractivity contribution in [3.05, 3.63) is 29.8 Å². The number of rotatable bonds is 9. The maximum Gasteiger partial charge on any atom is 0.516 e. The summed E-state index contributed by atoms with van der Waals surface area (Å²) >= 11 is 0. The van der Waals surface area contributed by atoms with Crippen LogP contribution < -0.4 is 4.74 Å². The second-order valence-electron chi connectivity index (χ2n) is 11.8. The number of carbonyl (C=O) groups excluding carboxylic acids is 4. The van der Waals surface area contributed by atoms with Crippen molar-refractivity contribution in [2.45, 2.75) is 77.7 Å². The van der Waals surface area contributed by atoms with Crippen LogP contribution in [-0.4, -0.2) is 91.3 Å². The Morgan fingerprint density at radius 3 is 2.16 bits per heavy atom. The van der Waals surface area contributed by atoms with Crippen LogP contribution in [0.25, 0.3) is 0 Å². The summed E-state index contributed by atoms with van der Waals surface area (Å²) in [5.74, 6) is -0.245. The Hall–Kier alpha value is -2.98. The van der Waals surface area contributed by atoms with Gasteiger partial charge in [0, 0.05) is 25.5 Å². The molecule has 1 aromatic carbocycles. The molecule has 1 fully saturated rings. The molecule has 2 amide bonds. The summed E-state index contributed by atoms with van der Waals surface area (Å²) in [5, 5.41) is 0. The summed E-state index contributed by atoms with van der Waals surface area (Å²) in [4.78, 5) is 49.6. The van der Waals surface area contributed by atoms with Crippen molar-refractivity contribution in [3.8, 4) is 5.75 Å². The highest BCUT2D eigenvalue weighted by Gasteiger charge is 2.49. The van der Waals surface area contributed by atoms with Crippen molar-refractivity contribution in [2.24, 2.45) is 0 Å². The molecule has 1 aliphatic rings. The van der Waals surface area contributed by atoms with Gasteiger partial charge in [0.15, 0.2) is 6.61 Å². The third-order valence-electron chi connectivity index (χ3n) is 6.16. The van der Waals surface area contributed by atoms with Gasteiger partial charge in [-0.05, 0) is 65.8 Å². The van der Waals surface area contributed by atoms with E-state index in [1.54, 1.807) is 40.0 Å². The summed E-state index contributed by atoms with van der Waals surface area (Å²) in [6.45, 7) is 11.0. The fourth-order valence-electron chi connectivity index (χ4n) is 4.18. The molecule has 1 aromatic rings. The van der Waals surface area contributed by atoms with Gasteiger partial charge in [0.05, 0.1) is 26.2 Å². The molecule has 0 spiro atoms. The first-order valence-corrected chi connectivity index (χ1v) is 12.9. The van der Waals surface area contributed by atoms with E-state index < -0.39 is 17.2 Å². The molecule has 0 bridgehead atoms. The minimum atomic E-state index is -0.648. The largest absolute Gasteiger partial charge is 0.516 e. The van der Waals surface area contributed by atoms with Gasteiger partial charge >= 0.3 is 12.1 Å². The lowest BCUT2D eigenvalue weighted by molar-refractivity contribution is -0.877. The standard InChI is InChI=1S/C28H43N2O8/c1-27(2,3)37-25(33)19-36-21-11-9-20(10-12-21)23-17-22(35-18-24(32)29(7)14-16-31)13-15-30(23,8)26(34)38-28(4,5)6/h9-12,16,22-23H,13-15,17-19H2,1-8H3/q+1/t22?,23?,30-/m0/s1. The Morgan fingerprint density at radius 1 is 1.00 bits per heavy atom. The first-order chi connectivity index (χ1) is 17.5. The van der Waals surface area contributed by atoms with Gasteiger partial charge in [0.1, 0.15) is 35.9 Å². The number of quaternary nitrogens is 1. The van der Waals surface area contributed by atoms with Crippen molar-refractivity contribution in [2.75, 3.05) is 40.4 Å². The normalized spacial score (nSPS) is 21.8. The molecule has 10 nitrogen and oxygen atoms in total. The van der Waals surface area contributed by atoms with E-state index in [9.17, 15) is 19.2 Å². The molecule has 10 heteroatoms. The Balaban J connectivity index is 2.19. The van der Waals surface area contributed by atoms with Gasteiger partial charge in [-0.15, -0.1) is 0 Å². The lowest BCUT2D eigenvalue weighted by atomic mass is 9.91. The number of aldehydes is 1. The second kappa shape index (κ2) is 12.7. The monoisotopic (exact) mass is 535 g/mol. The average Bonchev–Trinajstić information content (AvgIpc) is 2.80. The van der Waals surface area contributed by atoms with Gasteiger partial charge in [-0.3, -0.25) is 4.79 Å². The number of likely N-dealkylation sites (N-methyl/N-ethyl adjacent to an activating group) is 1. The maximum absolute atomic E-state index is 13.4. The fourth-order valence-corrected chi connectivity index (χ4v) is 4.18. The second-order valence-corrected chi connectivity index (χ2v) is 11.8. The predicted molar refractivity (Wildman–Crippen MR) is 140 cm³/mol. The van der Waals surface area contributed by atoms with E-state index in [0.29, 0.717) is 31.4 Å². The number of nitrogens with zero attached hydrogens (tertiary/aromatic N) is 2. The molecule has 1 aliphatic heterocycles. The van der Waals surface area contributed by atoms with Crippen LogP contribution in [0.2, 0.25) is 0 Å². The molecule has 0 N–H and O–H groups in total. The number of ether oxygens (including phenoxy) is 4. The van der Waals surface area contributed by atoms with Crippen LogP contribution in [0.5, 0.6) is 5.75 Å². The SMILES string of the molecule is CN(CC=O)C(=O)COC1CC[N@+](C)(C(=O)OC(C)(C)C)C(c2ccc(OCC(=O)OC(C)(C)C)cc2)C1. The first kappa shape index (κ1) is 31.2. The molecule has 0 aromatic heterocycles. The van der Waals surface area contributed by atoms with Gasteiger partial charge in [-0.1, -0.05) is 0 Å². The first-order valence-electron chi connectivity index (χ1n) is 12.9. The summed E-state index contributed by atoms with van der Waals surface area (Å²) in [6, 6.07) is 6.93. The van der Waals surface area contributed by atoms with E-state index in [1.165, 1.54) is 4.90 Å². The molecule has 0 aliphatic carbocycles. The molecule has 3 atom stereocenters. The van der Waals surface area contributed by atoms with Crippen molar-refractivity contribution in [1.82, 2.24) is 4.90 Å². The highest BCUT2D eigenvalue weighted by atomic mass is 16.6. The Labute approximate surface area is 225 Å². The van der Waals surface area contributed by atoms with Crippen LogP contribution in [0.15, 0.2) is 24.3 Å². The highest BCUT2D eigenvalue weighted by molar-refractivity contribution is 5.79. The molecule has 38 heavy (non-hydrogen) atoms. The summed E-state index contributed by atoms with van der Waals surface area (Å²) in [6.07, 6.45) is 1.12. The topological polar surface area (TPSA) is 108 Å². The zero-order valence-corrected chi connectivity index (χ0v) is 23.9. The van der Waals surface area contributed by atoms with Gasteiger partial charge in [0.2, 0.25) is 5.91 Å². The quantitative estimate of drug-likeness (QED) is 0.268. The number of benzene rings is 1. The number of piperidine rings is 1. The maximum atomic E-state index is 13.4. The van der Waals surface area contributed by atoms with E-state index in [2.05, 4.69) is 0 Å². The van der Waals surface area contributed by atoms with Crippen molar-refractivity contribution >= 4 is 24.3 Å². The summed E-state index contributed by atoms with van der Waals surface area (Å²) in [7, 11) is 3.40. The lowest BCUT2D eigenvalue weighted by Gasteiger charge is -2.44. The minimum Gasteiger partial charge on any atom is -0.482 e. The third-order valence-corrected chi connectivity index (χ3v) is 6.16. The molecule has 0 radical (unpaired) electrons. The molecule has 212 valence electrons. The number of amides is 2. The van der Waals surface area contributed by atoms with Crippen LogP contribution >= 0.6 is 0 Å². The minimum absolute atomic E-state index is 0.00539. The van der Waals surface area contributed by atoms with Crippen molar-refractivity contribution in [3.63, 3.8) is 0 Å². The lowest BCUT2D eigenvalue weighted by Crippen LogP contribution is -2.58. The zero-order chi connectivity index (χ0) is 28.7. The van der Waals surface area contributed by atoms with Gasteiger partial charge < -0.3 is 28.6 Å². The summed E-state index contributed by atoms with van der Waals surface area (Å²) in [5.41, 5.74) is -0.367. The fraction of sp³-hybridized carbons (Fsp3) is 0.643. The molecule has 2 rings (SSSR count). The zero-order valence-electron chi connectivity index (χ0n) is 23.9. The van der Waals surface area contributed by atoms with Crippen molar-refractivity contribution < 1.29 is 42.6 Å². The van der Waals surface area contributed by atoms with E-state index in [0.717, 1.165) is 5.56 Å². The van der Waals surface area contributed by atoms with Crippen LogP contribution in [0.4, 0.5) is 4.79 Å². The Kier molecular flexibility index (Phi) is 10.4.